The molecule has 0 aromatic heterocycles. The lowest BCUT2D eigenvalue weighted by Gasteiger charge is -2.22. The van der Waals surface area contributed by atoms with Gasteiger partial charge in [0, 0.05) is 5.56 Å². The third-order valence-corrected chi connectivity index (χ3v) is 5.92. The van der Waals surface area contributed by atoms with Gasteiger partial charge in [-0.1, -0.05) is 55.0 Å². The Kier molecular flexibility index (Phi) is 5.55. The molecule has 1 aliphatic carbocycles. The highest BCUT2D eigenvalue weighted by Crippen LogP contribution is 2.40. The average molecular weight is 417 g/mol. The number of nitrogens with zero attached hydrogens (tertiary/aromatic N) is 1. The number of allylic oxidation sites excluding steroid dienone is 2. The highest BCUT2D eigenvalue weighted by molar-refractivity contribution is 6.22. The number of amides is 2. The van der Waals surface area contributed by atoms with E-state index in [0.717, 1.165) is 5.56 Å². The molecule has 0 spiro atoms. The fourth-order valence-corrected chi connectivity index (χ4v) is 4.21. The lowest BCUT2D eigenvalue weighted by atomic mass is 9.78. The molecule has 2 aliphatic rings. The summed E-state index contributed by atoms with van der Waals surface area (Å²) in [5.74, 6) is -2.23. The van der Waals surface area contributed by atoms with E-state index in [4.69, 9.17) is 4.74 Å². The Labute approximate surface area is 180 Å². The molecule has 6 heteroatoms. The van der Waals surface area contributed by atoms with E-state index in [1.807, 2.05) is 38.1 Å². The lowest BCUT2D eigenvalue weighted by Crippen LogP contribution is -2.31. The Morgan fingerprint density at radius 2 is 1.77 bits per heavy atom. The maximum Gasteiger partial charge on any atom is 0.338 e. The fourth-order valence-electron chi connectivity index (χ4n) is 4.21. The molecule has 31 heavy (non-hydrogen) atoms. The number of ether oxygens (including phenoxy) is 1. The second-order valence-electron chi connectivity index (χ2n) is 8.08. The van der Waals surface area contributed by atoms with Crippen LogP contribution in [0.5, 0.6) is 0 Å². The SMILES string of the molecule is Cc1ccc(C(=O)COC(=O)c2cccc(N3C(=O)[C@H]4[C@H](CC=C[C@@H]4C)C3=O)c2)cc1. The summed E-state index contributed by atoms with van der Waals surface area (Å²) in [4.78, 5) is 51.7. The van der Waals surface area contributed by atoms with Gasteiger partial charge >= 0.3 is 5.97 Å². The molecule has 2 aromatic carbocycles. The van der Waals surface area contributed by atoms with E-state index < -0.39 is 5.97 Å². The van der Waals surface area contributed by atoms with E-state index in [0.29, 0.717) is 17.7 Å². The first kappa shape index (κ1) is 20.7. The van der Waals surface area contributed by atoms with Crippen molar-refractivity contribution in [3.05, 3.63) is 77.4 Å². The van der Waals surface area contributed by atoms with Crippen LogP contribution < -0.4 is 4.90 Å². The van der Waals surface area contributed by atoms with Gasteiger partial charge in [-0.15, -0.1) is 0 Å². The van der Waals surface area contributed by atoms with E-state index >= 15 is 0 Å². The molecule has 1 fully saturated rings. The molecular weight excluding hydrogens is 394 g/mol. The summed E-state index contributed by atoms with van der Waals surface area (Å²) in [5, 5.41) is 0. The van der Waals surface area contributed by atoms with Crippen molar-refractivity contribution >= 4 is 29.3 Å². The molecule has 2 amide bonds. The summed E-state index contributed by atoms with van der Waals surface area (Å²) < 4.78 is 5.17. The Morgan fingerprint density at radius 1 is 1.03 bits per heavy atom. The lowest BCUT2D eigenvalue weighted by molar-refractivity contribution is -0.122. The van der Waals surface area contributed by atoms with Gasteiger partial charge in [0.25, 0.3) is 0 Å². The van der Waals surface area contributed by atoms with Crippen LogP contribution in [-0.2, 0) is 14.3 Å². The second-order valence-corrected chi connectivity index (χ2v) is 8.08. The van der Waals surface area contributed by atoms with Crippen LogP contribution in [0.4, 0.5) is 5.69 Å². The Bertz CT molecular complexity index is 1090. The van der Waals surface area contributed by atoms with Gasteiger partial charge in [0.2, 0.25) is 11.8 Å². The second kappa shape index (κ2) is 8.30. The zero-order chi connectivity index (χ0) is 22.1. The third-order valence-electron chi connectivity index (χ3n) is 5.92. The summed E-state index contributed by atoms with van der Waals surface area (Å²) >= 11 is 0. The van der Waals surface area contributed by atoms with Crippen molar-refractivity contribution in [2.24, 2.45) is 17.8 Å². The van der Waals surface area contributed by atoms with Gasteiger partial charge in [-0.3, -0.25) is 19.3 Å². The standard InChI is InChI=1S/C25H23NO5/c1-15-9-11-17(12-10-15)21(27)14-31-25(30)18-6-4-7-19(13-18)26-23(28)20-8-3-5-16(2)22(20)24(26)29/h3-7,9-13,16,20,22H,8,14H2,1-2H3/t16-,20-,22+/m0/s1. The number of anilines is 1. The normalized spacial score (nSPS) is 22.4. The quantitative estimate of drug-likeness (QED) is 0.320. The zero-order valence-electron chi connectivity index (χ0n) is 17.4. The molecule has 1 saturated heterocycles. The van der Waals surface area contributed by atoms with Crippen LogP contribution in [0.25, 0.3) is 0 Å². The number of ketones is 1. The number of esters is 1. The number of aryl methyl sites for hydroxylation is 1. The molecule has 0 N–H and O–H groups in total. The smallest absolute Gasteiger partial charge is 0.338 e. The van der Waals surface area contributed by atoms with Crippen LogP contribution >= 0.6 is 0 Å². The van der Waals surface area contributed by atoms with Gasteiger partial charge in [-0.2, -0.15) is 0 Å². The number of fused-ring (bicyclic) bond motifs is 1. The molecule has 0 unspecified atom stereocenters. The van der Waals surface area contributed by atoms with Crippen molar-refractivity contribution in [3.63, 3.8) is 0 Å². The third kappa shape index (κ3) is 3.93. The van der Waals surface area contributed by atoms with Gasteiger partial charge in [0.1, 0.15) is 0 Å². The first-order valence-electron chi connectivity index (χ1n) is 10.3. The van der Waals surface area contributed by atoms with Crippen LogP contribution in [0, 0.1) is 24.7 Å². The number of carbonyl (C=O) groups excluding carboxylic acids is 4. The number of rotatable bonds is 5. The molecule has 4 rings (SSSR count). The van der Waals surface area contributed by atoms with Gasteiger partial charge in [-0.25, -0.2) is 4.79 Å². The van der Waals surface area contributed by atoms with Crippen LogP contribution in [-0.4, -0.2) is 30.2 Å². The summed E-state index contributed by atoms with van der Waals surface area (Å²) in [7, 11) is 0. The van der Waals surface area contributed by atoms with Crippen molar-refractivity contribution in [2.45, 2.75) is 20.3 Å². The largest absolute Gasteiger partial charge is 0.454 e. The predicted octanol–water partition coefficient (Wildman–Crippen LogP) is 3.74. The summed E-state index contributed by atoms with van der Waals surface area (Å²) in [6.07, 6.45) is 4.45. The Morgan fingerprint density at radius 3 is 2.48 bits per heavy atom. The molecule has 158 valence electrons. The molecule has 1 heterocycles. The van der Waals surface area contributed by atoms with E-state index in [9.17, 15) is 19.2 Å². The molecule has 6 nitrogen and oxygen atoms in total. The van der Waals surface area contributed by atoms with Crippen molar-refractivity contribution in [1.29, 1.82) is 0 Å². The zero-order valence-corrected chi connectivity index (χ0v) is 17.4. The van der Waals surface area contributed by atoms with E-state index in [-0.39, 0.29) is 47.5 Å². The molecule has 3 atom stereocenters. The highest BCUT2D eigenvalue weighted by Gasteiger charge is 2.50. The monoisotopic (exact) mass is 417 g/mol. The summed E-state index contributed by atoms with van der Waals surface area (Å²) in [6.45, 7) is 3.46. The number of hydrogen-bond donors (Lipinski definition) is 0. The van der Waals surface area contributed by atoms with E-state index in [1.54, 1.807) is 24.3 Å². The maximum atomic E-state index is 12.9. The minimum atomic E-state index is -0.686. The van der Waals surface area contributed by atoms with Crippen LogP contribution in [0.15, 0.2) is 60.7 Å². The van der Waals surface area contributed by atoms with E-state index in [2.05, 4.69) is 0 Å². The minimum absolute atomic E-state index is 0.0128. The molecule has 0 saturated carbocycles. The van der Waals surface area contributed by atoms with Crippen molar-refractivity contribution in [3.8, 4) is 0 Å². The Hall–Kier alpha value is -3.54. The van der Waals surface area contributed by atoms with Gasteiger partial charge in [-0.05, 0) is 37.5 Å². The molecule has 0 bridgehead atoms. The van der Waals surface area contributed by atoms with E-state index in [1.165, 1.54) is 17.0 Å². The number of hydrogen-bond acceptors (Lipinski definition) is 5. The first-order valence-corrected chi connectivity index (χ1v) is 10.3. The van der Waals surface area contributed by atoms with Gasteiger partial charge in [0.05, 0.1) is 23.1 Å². The van der Waals surface area contributed by atoms with Crippen molar-refractivity contribution in [2.75, 3.05) is 11.5 Å². The first-order chi connectivity index (χ1) is 14.9. The number of Topliss-reactive ketones (excluding diaryl/α,β-unsaturated/α-hetero) is 1. The fraction of sp³-hybridized carbons (Fsp3) is 0.280. The minimum Gasteiger partial charge on any atom is -0.454 e. The maximum absolute atomic E-state index is 12.9. The summed E-state index contributed by atoms with van der Waals surface area (Å²) in [6, 6.07) is 13.2. The molecule has 2 aromatic rings. The van der Waals surface area contributed by atoms with Crippen LogP contribution in [0.2, 0.25) is 0 Å². The van der Waals surface area contributed by atoms with Gasteiger partial charge in [0.15, 0.2) is 12.4 Å². The average Bonchev–Trinajstić information content (AvgIpc) is 3.03. The van der Waals surface area contributed by atoms with Crippen LogP contribution in [0.3, 0.4) is 0 Å². The van der Waals surface area contributed by atoms with Crippen LogP contribution in [0.1, 0.15) is 39.6 Å². The molecular formula is C25H23NO5. The number of carbonyl (C=O) groups is 4. The topological polar surface area (TPSA) is 80.8 Å². The highest BCUT2D eigenvalue weighted by atomic mass is 16.5. The molecule has 1 aliphatic heterocycles. The van der Waals surface area contributed by atoms with Gasteiger partial charge < -0.3 is 4.74 Å². The summed E-state index contributed by atoms with van der Waals surface area (Å²) in [5.41, 5.74) is 2.01. The van der Waals surface area contributed by atoms with Crippen molar-refractivity contribution in [1.82, 2.24) is 0 Å². The van der Waals surface area contributed by atoms with Crippen molar-refractivity contribution < 1.29 is 23.9 Å². The Balaban J connectivity index is 1.47. The number of benzene rings is 2. The predicted molar refractivity (Wildman–Crippen MR) is 115 cm³/mol. The number of imide groups is 1. The molecule has 0 radical (unpaired) electrons.